The number of benzene rings is 1. The number of aryl methyl sites for hydroxylation is 1. The molecule has 1 atom stereocenters. The van der Waals surface area contributed by atoms with Crippen molar-refractivity contribution in [2.75, 3.05) is 6.61 Å². The summed E-state index contributed by atoms with van der Waals surface area (Å²) < 4.78 is 5.37. The molecule has 2 amide bonds. The molecule has 0 spiro atoms. The lowest BCUT2D eigenvalue weighted by molar-refractivity contribution is -0.124. The van der Waals surface area contributed by atoms with E-state index in [4.69, 9.17) is 22.1 Å². The first-order valence-electron chi connectivity index (χ1n) is 5.85. The molecule has 104 valence electrons. The zero-order chi connectivity index (χ0) is 14.4. The molecule has 0 aliphatic heterocycles. The minimum atomic E-state index is -0.456. The highest BCUT2D eigenvalue weighted by Crippen LogP contribution is 2.21. The van der Waals surface area contributed by atoms with Gasteiger partial charge in [0.05, 0.1) is 0 Å². The van der Waals surface area contributed by atoms with Crippen molar-refractivity contribution in [3.05, 3.63) is 28.8 Å². The molecule has 3 N–H and O–H groups in total. The van der Waals surface area contributed by atoms with E-state index in [0.717, 1.165) is 5.56 Å². The summed E-state index contributed by atoms with van der Waals surface area (Å²) in [6, 6.07) is 4.85. The van der Waals surface area contributed by atoms with Crippen LogP contribution in [0.15, 0.2) is 18.2 Å². The number of hydrogen-bond acceptors (Lipinski definition) is 3. The van der Waals surface area contributed by atoms with Crippen LogP contribution in [0, 0.1) is 6.92 Å². The molecular weight excluding hydrogens is 268 g/mol. The third kappa shape index (κ3) is 5.61. The van der Waals surface area contributed by atoms with Crippen molar-refractivity contribution >= 4 is 23.4 Å². The van der Waals surface area contributed by atoms with Crippen LogP contribution in [0.5, 0.6) is 5.75 Å². The van der Waals surface area contributed by atoms with Crippen LogP contribution in [0.4, 0.5) is 0 Å². The number of hydrogen-bond donors (Lipinski definition) is 2. The fraction of sp³-hybridized carbons (Fsp3) is 0.385. The number of carbonyl (C=O) groups is 2. The summed E-state index contributed by atoms with van der Waals surface area (Å²) in [4.78, 5) is 22.2. The maximum absolute atomic E-state index is 11.6. The second-order valence-electron chi connectivity index (χ2n) is 4.34. The van der Waals surface area contributed by atoms with Gasteiger partial charge in [-0.15, -0.1) is 0 Å². The predicted molar refractivity (Wildman–Crippen MR) is 73.1 cm³/mol. The summed E-state index contributed by atoms with van der Waals surface area (Å²) in [5.74, 6) is -0.160. The lowest BCUT2D eigenvalue weighted by atomic mass is 10.2. The van der Waals surface area contributed by atoms with Crippen molar-refractivity contribution in [2.45, 2.75) is 26.3 Å². The zero-order valence-corrected chi connectivity index (χ0v) is 11.7. The van der Waals surface area contributed by atoms with Crippen molar-refractivity contribution in [1.29, 1.82) is 0 Å². The topological polar surface area (TPSA) is 81.4 Å². The van der Waals surface area contributed by atoms with E-state index in [1.54, 1.807) is 25.1 Å². The number of primary amides is 1. The molecule has 5 nitrogen and oxygen atoms in total. The normalized spacial score (nSPS) is 11.7. The second-order valence-corrected chi connectivity index (χ2v) is 4.77. The monoisotopic (exact) mass is 284 g/mol. The molecule has 0 bridgehead atoms. The average Bonchev–Trinajstić information content (AvgIpc) is 2.26. The minimum Gasteiger partial charge on any atom is -0.484 e. The molecule has 0 aliphatic rings. The first-order valence-corrected chi connectivity index (χ1v) is 6.23. The van der Waals surface area contributed by atoms with Crippen LogP contribution in [-0.2, 0) is 9.59 Å². The molecule has 0 radical (unpaired) electrons. The predicted octanol–water partition coefficient (Wildman–Crippen LogP) is 1.41. The Balaban J connectivity index is 2.43. The van der Waals surface area contributed by atoms with Crippen LogP contribution in [0.2, 0.25) is 5.02 Å². The van der Waals surface area contributed by atoms with Gasteiger partial charge >= 0.3 is 0 Å². The molecule has 0 aromatic heterocycles. The number of nitrogens with one attached hydrogen (secondary N) is 1. The van der Waals surface area contributed by atoms with E-state index in [9.17, 15) is 9.59 Å². The molecule has 0 fully saturated rings. The van der Waals surface area contributed by atoms with E-state index >= 15 is 0 Å². The van der Waals surface area contributed by atoms with Gasteiger partial charge in [-0.2, -0.15) is 0 Å². The van der Waals surface area contributed by atoms with E-state index < -0.39 is 5.91 Å². The second kappa shape index (κ2) is 6.99. The van der Waals surface area contributed by atoms with Crippen LogP contribution in [0.25, 0.3) is 0 Å². The molecule has 1 rings (SSSR count). The number of amides is 2. The van der Waals surface area contributed by atoms with E-state index in [1.165, 1.54) is 0 Å². The first kappa shape index (κ1) is 15.3. The van der Waals surface area contributed by atoms with Gasteiger partial charge < -0.3 is 15.8 Å². The molecule has 0 unspecified atom stereocenters. The van der Waals surface area contributed by atoms with Crippen LogP contribution in [0.1, 0.15) is 18.9 Å². The molecule has 1 aromatic rings. The van der Waals surface area contributed by atoms with Crippen molar-refractivity contribution < 1.29 is 14.3 Å². The summed E-state index contributed by atoms with van der Waals surface area (Å²) in [6.45, 7) is 3.43. The fourth-order valence-corrected chi connectivity index (χ4v) is 1.81. The summed E-state index contributed by atoms with van der Waals surface area (Å²) in [6.07, 6.45) is 0.103. The van der Waals surface area contributed by atoms with Crippen LogP contribution in [0.3, 0.4) is 0 Å². The summed E-state index contributed by atoms with van der Waals surface area (Å²) in [5, 5.41) is 3.24. The van der Waals surface area contributed by atoms with Gasteiger partial charge in [-0.05, 0) is 37.6 Å². The number of carbonyl (C=O) groups excluding carboxylic acids is 2. The first-order chi connectivity index (χ1) is 8.88. The molecule has 19 heavy (non-hydrogen) atoms. The highest BCUT2D eigenvalue weighted by atomic mass is 35.5. The van der Waals surface area contributed by atoms with Gasteiger partial charge in [0.2, 0.25) is 5.91 Å². The Morgan fingerprint density at radius 2 is 2.16 bits per heavy atom. The number of rotatable bonds is 6. The quantitative estimate of drug-likeness (QED) is 0.829. The van der Waals surface area contributed by atoms with E-state index in [-0.39, 0.29) is 25.0 Å². The Bertz CT molecular complexity index is 477. The van der Waals surface area contributed by atoms with Crippen molar-refractivity contribution in [2.24, 2.45) is 5.73 Å². The van der Waals surface area contributed by atoms with Gasteiger partial charge in [0.25, 0.3) is 5.91 Å². The lowest BCUT2D eigenvalue weighted by Crippen LogP contribution is -2.38. The Kier molecular flexibility index (Phi) is 5.63. The minimum absolute atomic E-state index is 0.103. The molecule has 0 aliphatic carbocycles. The molecule has 6 heteroatoms. The molecule has 0 saturated carbocycles. The Morgan fingerprint density at radius 3 is 2.74 bits per heavy atom. The van der Waals surface area contributed by atoms with Crippen molar-refractivity contribution in [1.82, 2.24) is 5.32 Å². The molecule has 1 aromatic carbocycles. The van der Waals surface area contributed by atoms with E-state index in [2.05, 4.69) is 5.32 Å². The summed E-state index contributed by atoms with van der Waals surface area (Å²) in [7, 11) is 0. The Hall–Kier alpha value is -1.75. The summed E-state index contributed by atoms with van der Waals surface area (Å²) in [5.41, 5.74) is 5.89. The Morgan fingerprint density at radius 1 is 1.47 bits per heavy atom. The van der Waals surface area contributed by atoms with Crippen LogP contribution < -0.4 is 15.8 Å². The van der Waals surface area contributed by atoms with E-state index in [0.29, 0.717) is 10.8 Å². The highest BCUT2D eigenvalue weighted by Gasteiger charge is 2.11. The summed E-state index contributed by atoms with van der Waals surface area (Å²) >= 11 is 5.82. The Labute approximate surface area is 117 Å². The molecular formula is C13H17ClN2O3. The smallest absolute Gasteiger partial charge is 0.258 e. The van der Waals surface area contributed by atoms with Crippen LogP contribution >= 0.6 is 11.6 Å². The van der Waals surface area contributed by atoms with Gasteiger partial charge in [-0.25, -0.2) is 0 Å². The molecule has 0 heterocycles. The fourth-order valence-electron chi connectivity index (χ4n) is 1.59. The van der Waals surface area contributed by atoms with E-state index in [1.807, 2.05) is 6.92 Å². The molecule has 0 saturated heterocycles. The standard InChI is InChI=1S/C13H17ClN2O3/c1-8-5-10(14)3-4-11(8)19-7-13(18)16-9(2)6-12(15)17/h3-5,9H,6-7H2,1-2H3,(H2,15,17)(H,16,18)/t9-/m1/s1. The van der Waals surface area contributed by atoms with Gasteiger partial charge in [-0.3, -0.25) is 9.59 Å². The van der Waals surface area contributed by atoms with Gasteiger partial charge in [0.1, 0.15) is 5.75 Å². The third-order valence-corrected chi connectivity index (χ3v) is 2.65. The SMILES string of the molecule is Cc1cc(Cl)ccc1OCC(=O)N[C@H](C)CC(N)=O. The van der Waals surface area contributed by atoms with Gasteiger partial charge in [0.15, 0.2) is 6.61 Å². The average molecular weight is 285 g/mol. The third-order valence-electron chi connectivity index (χ3n) is 2.41. The van der Waals surface area contributed by atoms with Gasteiger partial charge in [-0.1, -0.05) is 11.6 Å². The van der Waals surface area contributed by atoms with Gasteiger partial charge in [0, 0.05) is 17.5 Å². The zero-order valence-electron chi connectivity index (χ0n) is 10.9. The number of halogens is 1. The highest BCUT2D eigenvalue weighted by molar-refractivity contribution is 6.30. The lowest BCUT2D eigenvalue weighted by Gasteiger charge is -2.13. The maximum Gasteiger partial charge on any atom is 0.258 e. The maximum atomic E-state index is 11.6. The largest absolute Gasteiger partial charge is 0.484 e. The van der Waals surface area contributed by atoms with Crippen LogP contribution in [-0.4, -0.2) is 24.5 Å². The number of ether oxygens (including phenoxy) is 1. The van der Waals surface area contributed by atoms with Crippen molar-refractivity contribution in [3.8, 4) is 5.75 Å². The van der Waals surface area contributed by atoms with Crippen molar-refractivity contribution in [3.63, 3.8) is 0 Å². The number of nitrogens with two attached hydrogens (primary N) is 1.